The van der Waals surface area contributed by atoms with Gasteiger partial charge in [0.2, 0.25) is 0 Å². The lowest BCUT2D eigenvalue weighted by Crippen LogP contribution is -2.15. The van der Waals surface area contributed by atoms with Crippen molar-refractivity contribution >= 4 is 23.4 Å². The molecule has 2 aliphatic heterocycles. The van der Waals surface area contributed by atoms with Gasteiger partial charge in [0.05, 0.1) is 29.5 Å². The van der Waals surface area contributed by atoms with Gasteiger partial charge in [0.25, 0.3) is 0 Å². The van der Waals surface area contributed by atoms with Crippen molar-refractivity contribution in [3.63, 3.8) is 0 Å². The molecule has 0 unspecified atom stereocenters. The van der Waals surface area contributed by atoms with Crippen LogP contribution in [0.4, 0.5) is 11.4 Å². The zero-order valence-electron chi connectivity index (χ0n) is 14.3. The van der Waals surface area contributed by atoms with Crippen molar-refractivity contribution in [2.45, 2.75) is 6.42 Å². The summed E-state index contributed by atoms with van der Waals surface area (Å²) >= 11 is 0. The predicted octanol–water partition coefficient (Wildman–Crippen LogP) is 2.56. The lowest BCUT2D eigenvalue weighted by molar-refractivity contribution is 0.281. The molecule has 4 rings (SSSR count). The van der Waals surface area contributed by atoms with Crippen LogP contribution in [0.2, 0.25) is 0 Å². The molecule has 25 heavy (non-hydrogen) atoms. The van der Waals surface area contributed by atoms with Crippen molar-refractivity contribution in [3.8, 4) is 5.75 Å². The molecular weight excluding hydrogens is 314 g/mol. The second-order valence-corrected chi connectivity index (χ2v) is 6.32. The third-order valence-electron chi connectivity index (χ3n) is 4.07. The monoisotopic (exact) mass is 333 g/mol. The molecule has 6 nitrogen and oxygen atoms in total. The zero-order valence-corrected chi connectivity index (χ0v) is 14.3. The summed E-state index contributed by atoms with van der Waals surface area (Å²) in [6.07, 6.45) is 2.75. The van der Waals surface area contributed by atoms with E-state index < -0.39 is 0 Å². The Balaban J connectivity index is 1.46. The number of azo groups is 1. The fraction of sp³-hybridized carbons (Fsp3) is 0.263. The van der Waals surface area contributed by atoms with Gasteiger partial charge < -0.3 is 9.64 Å². The highest BCUT2D eigenvalue weighted by Gasteiger charge is 2.13. The molecule has 0 fully saturated rings. The van der Waals surface area contributed by atoms with E-state index >= 15 is 0 Å². The van der Waals surface area contributed by atoms with E-state index in [1.807, 2.05) is 36.4 Å². The number of ether oxygens (including phenoxy) is 1. The van der Waals surface area contributed by atoms with E-state index in [0.717, 1.165) is 52.1 Å². The van der Waals surface area contributed by atoms with Gasteiger partial charge in [-0.1, -0.05) is 0 Å². The van der Waals surface area contributed by atoms with Crippen molar-refractivity contribution in [2.75, 3.05) is 27.2 Å². The molecule has 0 bridgehead atoms. The number of rotatable bonds is 6. The number of amidine groups is 1. The number of benzene rings is 2. The molecule has 0 saturated carbocycles. The molecule has 0 radical (unpaired) electrons. The molecule has 0 aliphatic carbocycles. The van der Waals surface area contributed by atoms with Crippen LogP contribution in [0.3, 0.4) is 0 Å². The first-order chi connectivity index (χ1) is 12.2. The third kappa shape index (κ3) is 3.34. The Morgan fingerprint density at radius 2 is 1.84 bits per heavy atom. The first-order valence-corrected chi connectivity index (χ1v) is 8.29. The molecule has 0 N–H and O–H groups in total. The largest absolute Gasteiger partial charge is 0.494 e. The molecule has 126 valence electrons. The highest BCUT2D eigenvalue weighted by atomic mass is 16.5. The first-order valence-electron chi connectivity index (χ1n) is 8.29. The Morgan fingerprint density at radius 1 is 1.00 bits per heavy atom. The lowest BCUT2D eigenvalue weighted by Gasteiger charge is -2.10. The number of aliphatic imine (C=N–C) groups is 1. The summed E-state index contributed by atoms with van der Waals surface area (Å²) in [5, 5.41) is 9.81. The Hall–Kier alpha value is -2.86. The van der Waals surface area contributed by atoms with Gasteiger partial charge in [0.15, 0.2) is 5.84 Å². The highest BCUT2D eigenvalue weighted by molar-refractivity contribution is 6.02. The average Bonchev–Trinajstić information content (AvgIpc) is 3.22. The Morgan fingerprint density at radius 3 is 2.64 bits per heavy atom. The van der Waals surface area contributed by atoms with Crippen LogP contribution in [-0.4, -0.2) is 38.0 Å². The predicted molar refractivity (Wildman–Crippen MR) is 97.5 cm³/mol. The summed E-state index contributed by atoms with van der Waals surface area (Å²) in [4.78, 5) is 11.4. The summed E-state index contributed by atoms with van der Waals surface area (Å²) in [5.74, 6) is 1.59. The molecule has 2 aromatic rings. The Kier molecular flexibility index (Phi) is 4.11. The van der Waals surface area contributed by atoms with Crippen LogP contribution < -0.4 is 15.3 Å². The van der Waals surface area contributed by atoms with Crippen LogP contribution in [0.15, 0.2) is 56.6 Å². The van der Waals surface area contributed by atoms with E-state index in [4.69, 9.17) is 4.74 Å². The van der Waals surface area contributed by atoms with Crippen LogP contribution in [-0.2, 0) is 0 Å². The van der Waals surface area contributed by atoms with Crippen molar-refractivity contribution < 1.29 is 4.74 Å². The summed E-state index contributed by atoms with van der Waals surface area (Å²) in [6.45, 7) is 1.73. The minimum Gasteiger partial charge on any atom is -0.494 e. The van der Waals surface area contributed by atoms with Crippen LogP contribution >= 0.6 is 0 Å². The molecule has 0 spiro atoms. The first kappa shape index (κ1) is 15.7. The van der Waals surface area contributed by atoms with Crippen LogP contribution in [0.5, 0.6) is 5.75 Å². The molecule has 2 aromatic carbocycles. The Bertz CT molecular complexity index is 974. The molecular formula is C19H19N5O. The van der Waals surface area contributed by atoms with Gasteiger partial charge in [0.1, 0.15) is 5.75 Å². The van der Waals surface area contributed by atoms with E-state index in [0.29, 0.717) is 6.61 Å². The van der Waals surface area contributed by atoms with E-state index in [2.05, 4.69) is 39.2 Å². The van der Waals surface area contributed by atoms with Gasteiger partial charge >= 0.3 is 0 Å². The molecule has 2 aliphatic rings. The second-order valence-electron chi connectivity index (χ2n) is 6.32. The summed E-state index contributed by atoms with van der Waals surface area (Å²) in [5.41, 5.74) is 2.68. The van der Waals surface area contributed by atoms with Crippen molar-refractivity contribution in [2.24, 2.45) is 20.2 Å². The molecule has 0 saturated heterocycles. The smallest absolute Gasteiger partial charge is 0.160 e. The Labute approximate surface area is 145 Å². The van der Waals surface area contributed by atoms with Crippen molar-refractivity contribution in [1.82, 2.24) is 4.90 Å². The topological polar surface area (TPSA) is 61.9 Å². The van der Waals surface area contributed by atoms with Gasteiger partial charge in [-0.2, -0.15) is 10.2 Å². The second kappa shape index (κ2) is 6.57. The SMILES string of the molecule is CN(C)CCCOc1ccc(C2=Nc3cc4c(cc3=N2)N=NC=4)cc1. The summed E-state index contributed by atoms with van der Waals surface area (Å²) in [6, 6.07) is 11.8. The van der Waals surface area contributed by atoms with Gasteiger partial charge in [-0.15, -0.1) is 0 Å². The van der Waals surface area contributed by atoms with E-state index in [9.17, 15) is 0 Å². The van der Waals surface area contributed by atoms with Crippen molar-refractivity contribution in [1.29, 1.82) is 0 Å². The van der Waals surface area contributed by atoms with Crippen LogP contribution in [0, 0.1) is 0 Å². The van der Waals surface area contributed by atoms with E-state index in [1.165, 1.54) is 0 Å². The fourth-order valence-electron chi connectivity index (χ4n) is 2.76. The van der Waals surface area contributed by atoms with Gasteiger partial charge in [-0.25, -0.2) is 9.98 Å². The van der Waals surface area contributed by atoms with Gasteiger partial charge in [-0.3, -0.25) is 0 Å². The number of nitrogens with zero attached hydrogens (tertiary/aromatic N) is 5. The summed E-state index contributed by atoms with van der Waals surface area (Å²) < 4.78 is 5.77. The zero-order chi connectivity index (χ0) is 17.2. The lowest BCUT2D eigenvalue weighted by atomic mass is 10.2. The molecule has 0 amide bonds. The maximum atomic E-state index is 5.77. The quantitative estimate of drug-likeness (QED) is 0.763. The molecule has 6 heteroatoms. The normalized spacial score (nSPS) is 14.0. The highest BCUT2D eigenvalue weighted by Crippen LogP contribution is 2.20. The maximum absolute atomic E-state index is 5.77. The minimum absolute atomic E-state index is 0.713. The molecule has 0 aromatic heterocycles. The maximum Gasteiger partial charge on any atom is 0.160 e. The van der Waals surface area contributed by atoms with Crippen LogP contribution in [0.1, 0.15) is 12.0 Å². The minimum atomic E-state index is 0.713. The van der Waals surface area contributed by atoms with E-state index in [1.54, 1.807) is 6.20 Å². The molecule has 0 atom stereocenters. The standard InChI is InChI=1S/C19H19N5O/c1-24(2)8-3-9-25-15-6-4-13(5-7-15)19-21-17-10-14-12-20-23-16(14)11-18(17)22-19/h4-7,10-12H,3,8-9H2,1-2H3. The average molecular weight is 333 g/mol. The number of fused-ring (bicyclic) bond motifs is 2. The number of hydrogen-bond donors (Lipinski definition) is 0. The number of hydrogen-bond acceptors (Lipinski definition) is 6. The van der Waals surface area contributed by atoms with Gasteiger partial charge in [0, 0.05) is 17.3 Å². The molecule has 2 heterocycles. The van der Waals surface area contributed by atoms with E-state index in [-0.39, 0.29) is 0 Å². The summed E-state index contributed by atoms with van der Waals surface area (Å²) in [7, 11) is 4.13. The van der Waals surface area contributed by atoms with Gasteiger partial charge in [-0.05, 0) is 56.9 Å². The van der Waals surface area contributed by atoms with Crippen molar-refractivity contribution in [3.05, 3.63) is 52.5 Å². The fourth-order valence-corrected chi connectivity index (χ4v) is 2.76. The third-order valence-corrected chi connectivity index (χ3v) is 4.07. The van der Waals surface area contributed by atoms with Crippen LogP contribution in [0.25, 0.3) is 6.20 Å².